The summed E-state index contributed by atoms with van der Waals surface area (Å²) in [7, 11) is 4.13. The quantitative estimate of drug-likeness (QED) is 0.671. The van der Waals surface area contributed by atoms with Crippen molar-refractivity contribution < 1.29 is 4.79 Å². The van der Waals surface area contributed by atoms with Gasteiger partial charge in [-0.15, -0.1) is 0 Å². The minimum absolute atomic E-state index is 0.345. The van der Waals surface area contributed by atoms with Gasteiger partial charge in [-0.05, 0) is 39.3 Å². The van der Waals surface area contributed by atoms with E-state index >= 15 is 0 Å². The van der Waals surface area contributed by atoms with Gasteiger partial charge in [-0.25, -0.2) is 0 Å². The molecule has 0 aromatic heterocycles. The minimum Gasteiger partial charge on any atom is -0.309 e. The lowest BCUT2D eigenvalue weighted by Crippen LogP contribution is -2.26. The van der Waals surface area contributed by atoms with Crippen LogP contribution in [0.15, 0.2) is 0 Å². The summed E-state index contributed by atoms with van der Waals surface area (Å²) in [4.78, 5) is 14.2. The zero-order valence-electron chi connectivity index (χ0n) is 9.33. The molecule has 2 heteroatoms. The summed E-state index contributed by atoms with van der Waals surface area (Å²) in [6, 6.07) is 0. The van der Waals surface area contributed by atoms with Crippen LogP contribution in [0.2, 0.25) is 0 Å². The summed E-state index contributed by atoms with van der Waals surface area (Å²) in [6.45, 7) is 0.964. The topological polar surface area (TPSA) is 20.3 Å². The van der Waals surface area contributed by atoms with Crippen molar-refractivity contribution in [2.24, 2.45) is 17.8 Å². The molecule has 0 heterocycles. The Kier molecular flexibility index (Phi) is 2.91. The first-order chi connectivity index (χ1) is 6.68. The lowest BCUT2D eigenvalue weighted by Gasteiger charge is -2.22. The van der Waals surface area contributed by atoms with Gasteiger partial charge in [0.25, 0.3) is 0 Å². The molecular formula is C12H21NO. The maximum absolute atomic E-state index is 12.0. The van der Waals surface area contributed by atoms with E-state index in [1.165, 1.54) is 32.1 Å². The third-order valence-corrected chi connectivity index (χ3v) is 3.85. The number of fused-ring (bicyclic) bond motifs is 1. The first-order valence-corrected chi connectivity index (χ1v) is 5.87. The molecule has 0 bridgehead atoms. The highest BCUT2D eigenvalue weighted by molar-refractivity contribution is 5.86. The van der Waals surface area contributed by atoms with Crippen molar-refractivity contribution in [1.82, 2.24) is 4.90 Å². The van der Waals surface area contributed by atoms with Gasteiger partial charge in [0.05, 0.1) is 0 Å². The Hall–Kier alpha value is -0.370. The van der Waals surface area contributed by atoms with Gasteiger partial charge in [0, 0.05) is 18.4 Å². The molecule has 0 aromatic rings. The highest BCUT2D eigenvalue weighted by Gasteiger charge is 2.42. The maximum Gasteiger partial charge on any atom is 0.140 e. The van der Waals surface area contributed by atoms with E-state index in [2.05, 4.69) is 19.0 Å². The molecule has 14 heavy (non-hydrogen) atoms. The molecule has 0 amide bonds. The average molecular weight is 195 g/mol. The van der Waals surface area contributed by atoms with Crippen LogP contribution in [0.5, 0.6) is 0 Å². The number of rotatable bonds is 2. The second kappa shape index (κ2) is 4.01. The van der Waals surface area contributed by atoms with E-state index < -0.39 is 0 Å². The molecule has 2 nitrogen and oxygen atoms in total. The molecule has 0 spiro atoms. The predicted molar refractivity (Wildman–Crippen MR) is 57.1 cm³/mol. The summed E-state index contributed by atoms with van der Waals surface area (Å²) >= 11 is 0. The van der Waals surface area contributed by atoms with Gasteiger partial charge in [-0.1, -0.05) is 12.8 Å². The van der Waals surface area contributed by atoms with Crippen LogP contribution in [0.1, 0.15) is 32.1 Å². The fourth-order valence-electron chi connectivity index (χ4n) is 3.25. The smallest absolute Gasteiger partial charge is 0.140 e. The Morgan fingerprint density at radius 2 is 2.00 bits per heavy atom. The number of carbonyl (C=O) groups is 1. The van der Waals surface area contributed by atoms with Crippen molar-refractivity contribution in [2.75, 3.05) is 20.6 Å². The maximum atomic E-state index is 12.0. The number of Topliss-reactive ketones (excluding diaryl/α,β-unsaturated/α-hetero) is 1. The molecule has 0 radical (unpaired) electrons. The van der Waals surface area contributed by atoms with Crippen molar-refractivity contribution in [3.05, 3.63) is 0 Å². The molecule has 0 N–H and O–H groups in total. The number of ketones is 1. The van der Waals surface area contributed by atoms with E-state index in [-0.39, 0.29) is 0 Å². The van der Waals surface area contributed by atoms with Crippen LogP contribution in [0, 0.1) is 17.8 Å². The summed E-state index contributed by atoms with van der Waals surface area (Å²) in [6.07, 6.45) is 6.28. The summed E-state index contributed by atoms with van der Waals surface area (Å²) in [5, 5.41) is 0. The van der Waals surface area contributed by atoms with Crippen LogP contribution < -0.4 is 0 Å². The molecule has 2 aliphatic rings. The molecule has 2 aliphatic carbocycles. The molecule has 2 saturated carbocycles. The van der Waals surface area contributed by atoms with E-state index in [1.54, 1.807) is 0 Å². The zero-order valence-corrected chi connectivity index (χ0v) is 9.33. The normalized spacial score (nSPS) is 37.6. The second-order valence-corrected chi connectivity index (χ2v) is 5.25. The molecule has 0 aromatic carbocycles. The predicted octanol–water partition coefficient (Wildman–Crippen LogP) is 1.94. The van der Waals surface area contributed by atoms with Crippen LogP contribution in [0.3, 0.4) is 0 Å². The van der Waals surface area contributed by atoms with Gasteiger partial charge in [0.1, 0.15) is 5.78 Å². The number of hydrogen-bond acceptors (Lipinski definition) is 2. The fraction of sp³-hybridized carbons (Fsp3) is 0.917. The first kappa shape index (κ1) is 10.2. The Morgan fingerprint density at radius 1 is 1.29 bits per heavy atom. The van der Waals surface area contributed by atoms with E-state index in [9.17, 15) is 4.79 Å². The van der Waals surface area contributed by atoms with E-state index in [4.69, 9.17) is 0 Å². The summed E-state index contributed by atoms with van der Waals surface area (Å²) in [5.74, 6) is 2.09. The van der Waals surface area contributed by atoms with E-state index in [0.717, 1.165) is 12.5 Å². The third-order valence-electron chi connectivity index (χ3n) is 3.85. The second-order valence-electron chi connectivity index (χ2n) is 5.25. The van der Waals surface area contributed by atoms with Crippen LogP contribution in [-0.2, 0) is 4.79 Å². The number of carbonyl (C=O) groups excluding carboxylic acids is 1. The van der Waals surface area contributed by atoms with Crippen molar-refractivity contribution in [3.8, 4) is 0 Å². The molecule has 2 fully saturated rings. The van der Waals surface area contributed by atoms with Crippen molar-refractivity contribution in [2.45, 2.75) is 32.1 Å². The summed E-state index contributed by atoms with van der Waals surface area (Å²) in [5.41, 5.74) is 0. The molecule has 0 aliphatic heterocycles. The van der Waals surface area contributed by atoms with Gasteiger partial charge in [-0.3, -0.25) is 4.79 Å². The highest BCUT2D eigenvalue weighted by Crippen LogP contribution is 2.42. The Balaban J connectivity index is 1.99. The van der Waals surface area contributed by atoms with E-state index in [1.807, 2.05) is 0 Å². The summed E-state index contributed by atoms with van der Waals surface area (Å²) < 4.78 is 0. The molecular weight excluding hydrogens is 174 g/mol. The van der Waals surface area contributed by atoms with Crippen LogP contribution in [0.4, 0.5) is 0 Å². The first-order valence-electron chi connectivity index (χ1n) is 5.87. The van der Waals surface area contributed by atoms with Crippen molar-refractivity contribution in [3.63, 3.8) is 0 Å². The zero-order chi connectivity index (χ0) is 10.1. The van der Waals surface area contributed by atoms with Crippen LogP contribution in [0.25, 0.3) is 0 Å². The van der Waals surface area contributed by atoms with Gasteiger partial charge in [-0.2, -0.15) is 0 Å². The Labute approximate surface area is 86.7 Å². The van der Waals surface area contributed by atoms with E-state index in [0.29, 0.717) is 17.6 Å². The lowest BCUT2D eigenvalue weighted by molar-refractivity contribution is -0.125. The van der Waals surface area contributed by atoms with Crippen molar-refractivity contribution in [1.29, 1.82) is 0 Å². The van der Waals surface area contributed by atoms with Crippen LogP contribution in [-0.4, -0.2) is 31.3 Å². The van der Waals surface area contributed by atoms with Crippen LogP contribution >= 0.6 is 0 Å². The molecule has 3 atom stereocenters. The van der Waals surface area contributed by atoms with Crippen molar-refractivity contribution >= 4 is 5.78 Å². The highest BCUT2D eigenvalue weighted by atomic mass is 16.1. The lowest BCUT2D eigenvalue weighted by atomic mass is 9.81. The largest absolute Gasteiger partial charge is 0.309 e. The SMILES string of the molecule is CN(C)CC1CC2CCCCC2C1=O. The minimum atomic E-state index is 0.345. The van der Waals surface area contributed by atoms with Gasteiger partial charge >= 0.3 is 0 Å². The fourth-order valence-corrected chi connectivity index (χ4v) is 3.25. The monoisotopic (exact) mass is 195 g/mol. The standard InChI is InChI=1S/C12H21NO/c1-13(2)8-10-7-9-5-3-4-6-11(9)12(10)14/h9-11H,3-8H2,1-2H3. The average Bonchev–Trinajstić information content (AvgIpc) is 2.44. The van der Waals surface area contributed by atoms with Gasteiger partial charge in [0.2, 0.25) is 0 Å². The Morgan fingerprint density at radius 3 is 2.64 bits per heavy atom. The van der Waals surface area contributed by atoms with Gasteiger partial charge in [0.15, 0.2) is 0 Å². The molecule has 0 saturated heterocycles. The number of hydrogen-bond donors (Lipinski definition) is 0. The Bertz CT molecular complexity index is 224. The molecule has 80 valence electrons. The number of nitrogens with zero attached hydrogens (tertiary/aromatic N) is 1. The third kappa shape index (κ3) is 1.85. The molecule has 2 rings (SSSR count). The van der Waals surface area contributed by atoms with Gasteiger partial charge < -0.3 is 4.90 Å². The molecule has 3 unspecified atom stereocenters.